The van der Waals surface area contributed by atoms with Crippen molar-refractivity contribution in [2.75, 3.05) is 18.0 Å². The zero-order valence-electron chi connectivity index (χ0n) is 15.1. The van der Waals surface area contributed by atoms with Crippen molar-refractivity contribution in [3.8, 4) is 0 Å². The molecule has 1 aromatic rings. The molecule has 1 heterocycles. The van der Waals surface area contributed by atoms with Crippen LogP contribution >= 0.6 is 0 Å². The van der Waals surface area contributed by atoms with Crippen molar-refractivity contribution in [3.63, 3.8) is 0 Å². The summed E-state index contributed by atoms with van der Waals surface area (Å²) < 4.78 is 19.0. The van der Waals surface area contributed by atoms with E-state index in [0.717, 1.165) is 5.56 Å². The van der Waals surface area contributed by atoms with Crippen LogP contribution in [0.25, 0.3) is 0 Å². The summed E-state index contributed by atoms with van der Waals surface area (Å²) in [5.74, 6) is -0.648. The Bertz CT molecular complexity index is 665. The first-order chi connectivity index (χ1) is 10.9. The van der Waals surface area contributed by atoms with Gasteiger partial charge in [-0.25, -0.2) is 9.18 Å². The summed E-state index contributed by atoms with van der Waals surface area (Å²) >= 11 is 0. The Morgan fingerprint density at radius 3 is 2.50 bits per heavy atom. The van der Waals surface area contributed by atoms with Crippen molar-refractivity contribution in [2.24, 2.45) is 0 Å². The monoisotopic (exact) mass is 336 g/mol. The van der Waals surface area contributed by atoms with Gasteiger partial charge in [0.2, 0.25) is 5.91 Å². The molecule has 0 atom stereocenters. The molecule has 24 heavy (non-hydrogen) atoms. The molecule has 1 fully saturated rings. The molecule has 6 heteroatoms. The molecule has 0 radical (unpaired) electrons. The van der Waals surface area contributed by atoms with Gasteiger partial charge in [0.15, 0.2) is 0 Å². The molecule has 0 aliphatic carbocycles. The number of hydrogen-bond acceptors (Lipinski definition) is 3. The summed E-state index contributed by atoms with van der Waals surface area (Å²) in [6, 6.07) is 4.36. The maximum atomic E-state index is 13.6. The van der Waals surface area contributed by atoms with Gasteiger partial charge >= 0.3 is 6.09 Å². The Labute approximate surface area is 142 Å². The van der Waals surface area contributed by atoms with Crippen molar-refractivity contribution >= 4 is 17.7 Å². The van der Waals surface area contributed by atoms with E-state index in [4.69, 9.17) is 4.74 Å². The molecule has 5 nitrogen and oxygen atoms in total. The lowest BCUT2D eigenvalue weighted by Crippen LogP contribution is -2.64. The van der Waals surface area contributed by atoms with Gasteiger partial charge in [-0.05, 0) is 59.2 Å². The van der Waals surface area contributed by atoms with Crippen LogP contribution in [0, 0.1) is 12.7 Å². The van der Waals surface area contributed by atoms with Gasteiger partial charge < -0.3 is 9.64 Å². The number of piperazine rings is 1. The molecule has 0 N–H and O–H groups in total. The first-order valence-corrected chi connectivity index (χ1v) is 7.98. The third-order valence-electron chi connectivity index (χ3n) is 3.95. The molecule has 0 spiro atoms. The minimum absolute atomic E-state index is 0.0993. The minimum atomic E-state index is -0.632. The zero-order chi connectivity index (χ0) is 18.3. The van der Waals surface area contributed by atoms with E-state index < -0.39 is 23.1 Å². The maximum absolute atomic E-state index is 13.6. The Hall–Kier alpha value is -2.11. The van der Waals surface area contributed by atoms with Crippen LogP contribution in [0.1, 0.15) is 40.2 Å². The number of carbonyl (C=O) groups excluding carboxylic acids is 2. The van der Waals surface area contributed by atoms with Gasteiger partial charge in [0, 0.05) is 12.2 Å². The lowest BCUT2D eigenvalue weighted by atomic mass is 9.97. The van der Waals surface area contributed by atoms with E-state index in [0.29, 0.717) is 5.69 Å². The molecule has 2 rings (SSSR count). The van der Waals surface area contributed by atoms with Crippen LogP contribution in [0.2, 0.25) is 0 Å². The highest BCUT2D eigenvalue weighted by molar-refractivity contribution is 5.98. The van der Waals surface area contributed by atoms with E-state index in [-0.39, 0.29) is 19.0 Å². The molecule has 1 aromatic carbocycles. The van der Waals surface area contributed by atoms with Gasteiger partial charge in [-0.15, -0.1) is 0 Å². The maximum Gasteiger partial charge on any atom is 0.411 e. The highest BCUT2D eigenvalue weighted by Crippen LogP contribution is 2.30. The van der Waals surface area contributed by atoms with Gasteiger partial charge in [-0.1, -0.05) is 6.07 Å². The topological polar surface area (TPSA) is 49.9 Å². The van der Waals surface area contributed by atoms with E-state index in [1.807, 2.05) is 20.8 Å². The molecule has 0 aromatic heterocycles. The van der Waals surface area contributed by atoms with Gasteiger partial charge in [0.1, 0.15) is 18.0 Å². The number of hydrogen-bond donors (Lipinski definition) is 0. The predicted molar refractivity (Wildman–Crippen MR) is 90.5 cm³/mol. The summed E-state index contributed by atoms with van der Waals surface area (Å²) in [6.07, 6.45) is -0.517. The first-order valence-electron chi connectivity index (χ1n) is 7.98. The summed E-state index contributed by atoms with van der Waals surface area (Å²) in [7, 11) is 0. The zero-order valence-corrected chi connectivity index (χ0v) is 15.1. The first kappa shape index (κ1) is 18.2. The number of ether oxygens (including phenoxy) is 1. The van der Waals surface area contributed by atoms with Gasteiger partial charge in [-0.3, -0.25) is 9.69 Å². The van der Waals surface area contributed by atoms with Crippen LogP contribution in [0.5, 0.6) is 0 Å². The Kier molecular flexibility index (Phi) is 4.61. The fraction of sp³-hybridized carbons (Fsp3) is 0.556. The second-order valence-corrected chi connectivity index (χ2v) is 7.79. The smallest absolute Gasteiger partial charge is 0.411 e. The second-order valence-electron chi connectivity index (χ2n) is 7.79. The van der Waals surface area contributed by atoms with Crippen molar-refractivity contribution in [2.45, 2.75) is 52.7 Å². The number of nitrogens with zero attached hydrogens (tertiary/aromatic N) is 2. The van der Waals surface area contributed by atoms with Crippen LogP contribution in [0.15, 0.2) is 18.2 Å². The molecule has 132 valence electrons. The Morgan fingerprint density at radius 2 is 1.92 bits per heavy atom. The molecule has 1 aliphatic rings. The number of aryl methyl sites for hydroxylation is 1. The molecular weight excluding hydrogens is 311 g/mol. The molecule has 0 saturated carbocycles. The standard InChI is InChI=1S/C18H25FN2O3/c1-12-7-8-13(19)9-14(12)20-11-18(5,6)21(10-15(20)22)16(23)24-17(2,3)4/h7-9H,10-11H2,1-6H3. The Balaban J connectivity index is 2.28. The second kappa shape index (κ2) is 6.07. The third-order valence-corrected chi connectivity index (χ3v) is 3.95. The minimum Gasteiger partial charge on any atom is -0.444 e. The number of rotatable bonds is 1. The van der Waals surface area contributed by atoms with Crippen molar-refractivity contribution < 1.29 is 18.7 Å². The number of halogens is 1. The predicted octanol–water partition coefficient (Wildman–Crippen LogP) is 3.50. The summed E-state index contributed by atoms with van der Waals surface area (Å²) in [5.41, 5.74) is 0.0878. The van der Waals surface area contributed by atoms with Crippen molar-refractivity contribution in [1.82, 2.24) is 4.90 Å². The summed E-state index contributed by atoms with van der Waals surface area (Å²) in [4.78, 5) is 28.0. The van der Waals surface area contributed by atoms with Crippen molar-refractivity contribution in [1.29, 1.82) is 0 Å². The van der Waals surface area contributed by atoms with Gasteiger partial charge in [-0.2, -0.15) is 0 Å². The lowest BCUT2D eigenvalue weighted by molar-refractivity contribution is -0.124. The third kappa shape index (κ3) is 3.86. The SMILES string of the molecule is Cc1ccc(F)cc1N1CC(C)(C)N(C(=O)OC(C)(C)C)CC1=O. The molecular formula is C18H25FN2O3. The normalized spacial score (nSPS) is 17.9. The molecule has 1 saturated heterocycles. The van der Waals surface area contributed by atoms with E-state index >= 15 is 0 Å². The Morgan fingerprint density at radius 1 is 1.29 bits per heavy atom. The largest absolute Gasteiger partial charge is 0.444 e. The lowest BCUT2D eigenvalue weighted by Gasteiger charge is -2.46. The molecule has 0 bridgehead atoms. The van der Waals surface area contributed by atoms with Crippen LogP contribution in [-0.4, -0.2) is 41.1 Å². The number of benzene rings is 1. The summed E-state index contributed by atoms with van der Waals surface area (Å²) in [5, 5.41) is 0. The molecule has 1 aliphatic heterocycles. The number of carbonyl (C=O) groups is 2. The number of amides is 2. The fourth-order valence-electron chi connectivity index (χ4n) is 2.72. The highest BCUT2D eigenvalue weighted by atomic mass is 19.1. The summed E-state index contributed by atoms with van der Waals surface area (Å²) in [6.45, 7) is 11.1. The van der Waals surface area contributed by atoms with Gasteiger partial charge in [0.05, 0.1) is 5.54 Å². The average molecular weight is 336 g/mol. The van der Waals surface area contributed by atoms with Crippen LogP contribution in [0.4, 0.5) is 14.9 Å². The van der Waals surface area contributed by atoms with E-state index in [9.17, 15) is 14.0 Å². The molecule has 2 amide bonds. The average Bonchev–Trinajstić information content (AvgIpc) is 2.41. The highest BCUT2D eigenvalue weighted by Gasteiger charge is 2.43. The van der Waals surface area contributed by atoms with E-state index in [1.165, 1.54) is 17.0 Å². The number of anilines is 1. The van der Waals surface area contributed by atoms with Crippen LogP contribution < -0.4 is 4.90 Å². The van der Waals surface area contributed by atoms with E-state index in [2.05, 4.69) is 0 Å². The fourth-order valence-corrected chi connectivity index (χ4v) is 2.72. The van der Waals surface area contributed by atoms with Crippen LogP contribution in [-0.2, 0) is 9.53 Å². The van der Waals surface area contributed by atoms with Gasteiger partial charge in [0.25, 0.3) is 0 Å². The van der Waals surface area contributed by atoms with Crippen molar-refractivity contribution in [3.05, 3.63) is 29.6 Å². The van der Waals surface area contributed by atoms with Crippen LogP contribution in [0.3, 0.4) is 0 Å². The van der Waals surface area contributed by atoms with E-state index in [1.54, 1.807) is 31.7 Å². The quantitative estimate of drug-likeness (QED) is 0.789. The molecule has 0 unspecified atom stereocenters.